The average Bonchev–Trinajstić information content (AvgIpc) is 3.87. The van der Waals surface area contributed by atoms with Gasteiger partial charge in [-0.1, -0.05) is 79.6 Å². The first-order chi connectivity index (χ1) is 34.4. The number of ether oxygens (including phenoxy) is 1. The zero-order chi connectivity index (χ0) is 51.7. The number of nitrogens with one attached hydrogen (secondary N) is 4. The molecule has 2 unspecified atom stereocenters. The van der Waals surface area contributed by atoms with Crippen molar-refractivity contribution in [3.63, 3.8) is 0 Å². The van der Waals surface area contributed by atoms with E-state index in [1.807, 2.05) is 78.9 Å². The van der Waals surface area contributed by atoms with Gasteiger partial charge < -0.3 is 36.2 Å². The molecular formula is C53H67N9O10. The van der Waals surface area contributed by atoms with Gasteiger partial charge in [0.05, 0.1) is 23.6 Å². The number of aryl methyl sites for hydroxylation is 2. The van der Waals surface area contributed by atoms with Crippen LogP contribution < -0.4 is 32.7 Å². The van der Waals surface area contributed by atoms with Crippen LogP contribution in [0.4, 0.5) is 4.79 Å². The quantitative estimate of drug-likeness (QED) is 0.0709. The Morgan fingerprint density at radius 1 is 0.806 bits per heavy atom. The molecule has 3 fully saturated rings. The Balaban J connectivity index is 0.975. The first-order valence-electron chi connectivity index (χ1n) is 25.0. The monoisotopic (exact) mass is 990 g/mol. The molecule has 3 aliphatic rings. The third kappa shape index (κ3) is 13.0. The van der Waals surface area contributed by atoms with E-state index in [0.717, 1.165) is 42.4 Å². The predicted molar refractivity (Wildman–Crippen MR) is 267 cm³/mol. The van der Waals surface area contributed by atoms with Crippen molar-refractivity contribution >= 4 is 58.5 Å². The van der Waals surface area contributed by atoms with Crippen LogP contribution in [0, 0.1) is 0 Å². The van der Waals surface area contributed by atoms with Crippen LogP contribution in [0.2, 0.25) is 0 Å². The highest BCUT2D eigenvalue weighted by Crippen LogP contribution is 2.31. The van der Waals surface area contributed by atoms with E-state index in [1.165, 1.54) is 14.0 Å². The predicted octanol–water partition coefficient (Wildman–Crippen LogP) is 3.95. The van der Waals surface area contributed by atoms with Crippen LogP contribution in [0.15, 0.2) is 83.7 Å². The van der Waals surface area contributed by atoms with Crippen LogP contribution in [-0.2, 0) is 51.8 Å². The number of hydrogen-bond acceptors (Lipinski definition) is 10. The van der Waals surface area contributed by atoms with Crippen molar-refractivity contribution in [2.24, 2.45) is 12.8 Å². The highest BCUT2D eigenvalue weighted by Gasteiger charge is 2.46. The summed E-state index contributed by atoms with van der Waals surface area (Å²) in [5.41, 5.74) is 8.25. The molecule has 5 atom stereocenters. The summed E-state index contributed by atoms with van der Waals surface area (Å²) >= 11 is 0. The molecule has 4 aromatic rings. The number of aromatic nitrogens is 2. The summed E-state index contributed by atoms with van der Waals surface area (Å²) in [6, 6.07) is 19.2. The molecule has 8 amide bonds. The highest BCUT2D eigenvalue weighted by atomic mass is 16.6. The zero-order valence-corrected chi connectivity index (χ0v) is 41.5. The first-order valence-corrected chi connectivity index (χ1v) is 25.0. The Kier molecular flexibility index (Phi) is 17.0. The van der Waals surface area contributed by atoms with Crippen molar-refractivity contribution in [3.05, 3.63) is 106 Å². The molecule has 3 aliphatic heterocycles. The van der Waals surface area contributed by atoms with Crippen molar-refractivity contribution in [1.29, 1.82) is 0 Å². The van der Waals surface area contributed by atoms with Crippen LogP contribution in [0.25, 0.3) is 11.0 Å². The molecular weight excluding hydrogens is 923 g/mol. The summed E-state index contributed by atoms with van der Waals surface area (Å²) in [5.74, 6) is -3.34. The SMILES string of the molecule is Cn1c(=O)n(C2CCC(=O)NC2=O)c2ccc(CCCCCCC(=O)N3CCC4CC[C@@H](C(=O)N[C@@H](CCC(N)=O)C(=O)NC(c5ccccc5)c5ccccc5)N4C(=O)[C@@H](NC(=O)OC(C)(C)C)C3)cc21. The number of primary amides is 1. The number of unbranched alkanes of at least 4 members (excludes halogenated alkanes) is 3. The maximum atomic E-state index is 14.7. The average molecular weight is 990 g/mol. The largest absolute Gasteiger partial charge is 0.444 e. The molecule has 0 radical (unpaired) electrons. The van der Waals surface area contributed by atoms with Crippen LogP contribution in [-0.4, -0.2) is 109 Å². The van der Waals surface area contributed by atoms with E-state index in [-0.39, 0.29) is 69.1 Å². The number of amides is 8. The van der Waals surface area contributed by atoms with Crippen molar-refractivity contribution in [3.8, 4) is 0 Å². The molecule has 0 aliphatic carbocycles. The summed E-state index contributed by atoms with van der Waals surface area (Å²) in [7, 11) is 1.66. The molecule has 4 heterocycles. The van der Waals surface area contributed by atoms with Gasteiger partial charge in [-0.25, -0.2) is 9.59 Å². The maximum absolute atomic E-state index is 14.7. The number of imide groups is 1. The number of nitrogens with zero attached hydrogens (tertiary/aromatic N) is 4. The fourth-order valence-corrected chi connectivity index (χ4v) is 10.0. The van der Waals surface area contributed by atoms with E-state index in [9.17, 15) is 43.2 Å². The lowest BCUT2D eigenvalue weighted by atomic mass is 9.98. The molecule has 19 heteroatoms. The standard InChI is InChI=1S/C53H67N9O10/c1-53(2,3)72-51(70)56-38-32-60(45(65)20-14-6-5-9-15-33-21-24-39-42(31-33)59(4)52(71)62(39)41-26-28-44(64)57-49(41)68)30-29-36-22-25-40(61(36)50(38)69)48(67)55-37(23-27-43(54)63)47(66)58-46(34-16-10-7-11-17-34)35-18-12-8-13-19-35/h7-8,10-13,16-19,21,24,31,36-38,40-41,46H,5-6,9,14-15,20,22-23,25-30,32H2,1-4H3,(H2,54,63)(H,55,67)(H,56,70)(H,58,66)(H,57,64,68)/t36?,37-,38-,40-,41?/m0/s1. The minimum absolute atomic E-state index is 0.0859. The number of hydrogen-bond donors (Lipinski definition) is 5. The first kappa shape index (κ1) is 52.5. The Labute approximate surface area is 418 Å². The van der Waals surface area contributed by atoms with Crippen LogP contribution in [0.5, 0.6) is 0 Å². The summed E-state index contributed by atoms with van der Waals surface area (Å²) in [4.78, 5) is 123. The van der Waals surface area contributed by atoms with Gasteiger partial charge >= 0.3 is 11.8 Å². The number of carbonyl (C=O) groups excluding carboxylic acids is 8. The van der Waals surface area contributed by atoms with Crippen LogP contribution in [0.3, 0.4) is 0 Å². The van der Waals surface area contributed by atoms with E-state index >= 15 is 0 Å². The van der Waals surface area contributed by atoms with Crippen molar-refractivity contribution < 1.29 is 43.1 Å². The summed E-state index contributed by atoms with van der Waals surface area (Å²) in [6.07, 6.45) is 4.33. The lowest BCUT2D eigenvalue weighted by molar-refractivity contribution is -0.146. The second kappa shape index (κ2) is 23.3. The van der Waals surface area contributed by atoms with E-state index in [2.05, 4.69) is 21.3 Å². The molecule has 0 saturated carbocycles. The molecule has 19 nitrogen and oxygen atoms in total. The summed E-state index contributed by atoms with van der Waals surface area (Å²) in [5, 5.41) is 10.9. The zero-order valence-electron chi connectivity index (χ0n) is 41.5. The lowest BCUT2D eigenvalue weighted by Gasteiger charge is -2.39. The van der Waals surface area contributed by atoms with Gasteiger partial charge in [-0.15, -0.1) is 0 Å². The Hall–Kier alpha value is -7.31. The van der Waals surface area contributed by atoms with Gasteiger partial charge in [-0.3, -0.25) is 48.0 Å². The van der Waals surface area contributed by atoms with Crippen LogP contribution >= 0.6 is 0 Å². The van der Waals surface area contributed by atoms with Gasteiger partial charge in [-0.05, 0) is 101 Å². The van der Waals surface area contributed by atoms with E-state index in [4.69, 9.17) is 10.5 Å². The summed E-state index contributed by atoms with van der Waals surface area (Å²) < 4.78 is 8.51. The number of carbonyl (C=O) groups is 8. The Morgan fingerprint density at radius 3 is 2.14 bits per heavy atom. The van der Waals surface area contributed by atoms with Gasteiger partial charge in [0.1, 0.15) is 29.8 Å². The number of piperidine rings is 1. The van der Waals surface area contributed by atoms with Crippen molar-refractivity contribution in [2.75, 3.05) is 13.1 Å². The molecule has 72 heavy (non-hydrogen) atoms. The number of benzene rings is 3. The molecule has 0 bridgehead atoms. The number of nitrogens with two attached hydrogens (primary N) is 1. The molecule has 3 aromatic carbocycles. The number of rotatable bonds is 18. The second-order valence-electron chi connectivity index (χ2n) is 20.1. The van der Waals surface area contributed by atoms with Gasteiger partial charge in [0.15, 0.2) is 0 Å². The van der Waals surface area contributed by atoms with Gasteiger partial charge in [-0.2, -0.15) is 0 Å². The fourth-order valence-electron chi connectivity index (χ4n) is 10.0. The molecule has 1 aromatic heterocycles. The topological polar surface area (TPSA) is 253 Å². The molecule has 6 N–H and O–H groups in total. The normalized spacial score (nSPS) is 19.8. The van der Waals surface area contributed by atoms with Gasteiger partial charge in [0, 0.05) is 38.9 Å². The number of alkyl carbamates (subject to hydrolysis) is 1. The van der Waals surface area contributed by atoms with Crippen molar-refractivity contribution in [2.45, 2.75) is 146 Å². The fraction of sp³-hybridized carbons (Fsp3) is 0.491. The second-order valence-corrected chi connectivity index (χ2v) is 20.1. The molecule has 7 rings (SSSR count). The van der Waals surface area contributed by atoms with E-state index in [1.54, 1.807) is 32.7 Å². The molecule has 384 valence electrons. The smallest absolute Gasteiger partial charge is 0.408 e. The molecule has 3 saturated heterocycles. The van der Waals surface area contributed by atoms with E-state index < -0.39 is 77.5 Å². The van der Waals surface area contributed by atoms with Gasteiger partial charge in [0.25, 0.3) is 0 Å². The van der Waals surface area contributed by atoms with E-state index in [0.29, 0.717) is 30.3 Å². The lowest BCUT2D eigenvalue weighted by Crippen LogP contribution is -2.62. The minimum atomic E-state index is -1.25. The van der Waals surface area contributed by atoms with Crippen LogP contribution in [0.1, 0.15) is 127 Å². The van der Waals surface area contributed by atoms with Gasteiger partial charge in [0.2, 0.25) is 41.4 Å². The van der Waals surface area contributed by atoms with Crippen molar-refractivity contribution in [1.82, 2.24) is 40.2 Å². The Morgan fingerprint density at radius 2 is 1.49 bits per heavy atom. The number of fused-ring (bicyclic) bond motifs is 2. The maximum Gasteiger partial charge on any atom is 0.408 e. The third-order valence-electron chi connectivity index (χ3n) is 13.7. The Bertz CT molecular complexity index is 2670. The third-order valence-corrected chi connectivity index (χ3v) is 13.7. The number of imidazole rings is 1. The minimum Gasteiger partial charge on any atom is -0.444 e. The highest BCUT2D eigenvalue weighted by molar-refractivity contribution is 6.00. The molecule has 0 spiro atoms. The summed E-state index contributed by atoms with van der Waals surface area (Å²) in [6.45, 7) is 5.20.